The number of amides is 1. The van der Waals surface area contributed by atoms with E-state index in [0.29, 0.717) is 12.2 Å². The number of hydrogen-bond donors (Lipinski definition) is 1. The molecule has 1 aromatic carbocycles. The van der Waals surface area contributed by atoms with Crippen molar-refractivity contribution < 1.29 is 23.2 Å². The minimum absolute atomic E-state index is 0.000960. The first-order chi connectivity index (χ1) is 12.8. The van der Waals surface area contributed by atoms with Crippen LogP contribution in [-0.2, 0) is 4.79 Å². The van der Waals surface area contributed by atoms with Crippen molar-refractivity contribution >= 4 is 23.3 Å². The first-order valence-electron chi connectivity index (χ1n) is 8.63. The average Bonchev–Trinajstić information content (AvgIpc) is 2.99. The highest BCUT2D eigenvalue weighted by atomic mass is 35.5. The predicted octanol–water partition coefficient (Wildman–Crippen LogP) is 3.47. The fraction of sp³-hybridized carbons (Fsp3) is 0.421. The number of hydrogen-bond acceptors (Lipinski definition) is 5. The number of aryl methyl sites for hydroxylation is 1. The predicted molar refractivity (Wildman–Crippen MR) is 94.3 cm³/mol. The Labute approximate surface area is 160 Å². The summed E-state index contributed by atoms with van der Waals surface area (Å²) in [5.41, 5.74) is 0.442. The summed E-state index contributed by atoms with van der Waals surface area (Å²) in [7, 11) is 0. The zero-order chi connectivity index (χ0) is 19.2. The summed E-state index contributed by atoms with van der Waals surface area (Å²) in [5, 5.41) is 6.61. The lowest BCUT2D eigenvalue weighted by Crippen LogP contribution is -2.75. The number of carbonyl (C=O) groups is 2. The maximum Gasteiger partial charge on any atom is 0.258 e. The third-order valence-corrected chi connectivity index (χ3v) is 5.65. The van der Waals surface area contributed by atoms with Crippen LogP contribution in [0, 0.1) is 18.2 Å². The molecule has 2 bridgehead atoms. The molecule has 1 aromatic heterocycles. The van der Waals surface area contributed by atoms with Gasteiger partial charge in [0.2, 0.25) is 11.5 Å². The van der Waals surface area contributed by atoms with Crippen molar-refractivity contribution in [1.82, 2.24) is 10.5 Å². The standard InChI is InChI=1S/C19H18ClFN2O4/c1-11-6-22-27-17(11)15(24)5-18-8-19(9-18,10-18)23-16(25)7-26-12-2-3-13(20)14(21)4-12/h2-4,6H,5,7-10H2,1H3,(H,23,25). The van der Waals surface area contributed by atoms with Crippen LogP contribution in [0.3, 0.4) is 0 Å². The van der Waals surface area contributed by atoms with Gasteiger partial charge in [-0.05, 0) is 43.7 Å². The van der Waals surface area contributed by atoms with Crippen LogP contribution in [0.5, 0.6) is 5.75 Å². The van der Waals surface area contributed by atoms with Crippen LogP contribution in [0.1, 0.15) is 41.8 Å². The van der Waals surface area contributed by atoms with E-state index in [1.165, 1.54) is 18.3 Å². The Morgan fingerprint density at radius 2 is 2.11 bits per heavy atom. The van der Waals surface area contributed by atoms with Crippen molar-refractivity contribution in [2.24, 2.45) is 5.41 Å². The van der Waals surface area contributed by atoms with E-state index in [9.17, 15) is 14.0 Å². The summed E-state index contributed by atoms with van der Waals surface area (Å²) in [4.78, 5) is 24.4. The molecular weight excluding hydrogens is 375 g/mol. The Bertz CT molecular complexity index is 906. The molecule has 5 rings (SSSR count). The van der Waals surface area contributed by atoms with Crippen LogP contribution in [0.25, 0.3) is 0 Å². The number of halogens is 2. The summed E-state index contributed by atoms with van der Waals surface area (Å²) in [5.74, 6) is -0.341. The first kappa shape index (κ1) is 18.0. The van der Waals surface area contributed by atoms with Gasteiger partial charge < -0.3 is 14.6 Å². The number of nitrogens with one attached hydrogen (secondary N) is 1. The van der Waals surface area contributed by atoms with Gasteiger partial charge >= 0.3 is 0 Å². The van der Waals surface area contributed by atoms with Gasteiger partial charge in [-0.1, -0.05) is 16.8 Å². The van der Waals surface area contributed by atoms with E-state index in [1.807, 2.05) is 0 Å². The number of nitrogens with zero attached hydrogens (tertiary/aromatic N) is 1. The SMILES string of the molecule is Cc1cnoc1C(=O)CC12CC(NC(=O)COc3ccc(Cl)c(F)c3)(C1)C2. The third kappa shape index (κ3) is 3.32. The van der Waals surface area contributed by atoms with Crippen molar-refractivity contribution in [3.05, 3.63) is 46.6 Å². The van der Waals surface area contributed by atoms with E-state index >= 15 is 0 Å². The maximum absolute atomic E-state index is 13.4. The molecule has 1 heterocycles. The van der Waals surface area contributed by atoms with Gasteiger partial charge in [0.15, 0.2) is 6.61 Å². The van der Waals surface area contributed by atoms with Crippen LogP contribution >= 0.6 is 11.6 Å². The number of benzene rings is 1. The molecule has 1 amide bonds. The number of rotatable bonds is 7. The molecule has 0 radical (unpaired) electrons. The second-order valence-corrected chi connectivity index (χ2v) is 8.07. The molecule has 0 aliphatic heterocycles. The first-order valence-corrected chi connectivity index (χ1v) is 9.01. The Hall–Kier alpha value is -2.41. The normalized spacial score (nSPS) is 25.3. The highest BCUT2D eigenvalue weighted by Crippen LogP contribution is 2.69. The average molecular weight is 393 g/mol. The minimum Gasteiger partial charge on any atom is -0.484 e. The van der Waals surface area contributed by atoms with E-state index < -0.39 is 5.82 Å². The maximum atomic E-state index is 13.4. The van der Waals surface area contributed by atoms with Gasteiger partial charge in [-0.25, -0.2) is 4.39 Å². The highest BCUT2D eigenvalue weighted by Gasteiger charge is 2.68. The number of Topliss-reactive ketones (excluding diaryl/α,β-unsaturated/α-hetero) is 1. The zero-order valence-corrected chi connectivity index (χ0v) is 15.4. The number of ether oxygens (including phenoxy) is 1. The molecule has 3 saturated carbocycles. The van der Waals surface area contributed by atoms with Crippen molar-refractivity contribution in [2.45, 2.75) is 38.1 Å². The Morgan fingerprint density at radius 3 is 2.74 bits per heavy atom. The summed E-state index contributed by atoms with van der Waals surface area (Å²) in [6.45, 7) is 1.59. The van der Waals surface area contributed by atoms with Crippen LogP contribution in [0.15, 0.2) is 28.9 Å². The van der Waals surface area contributed by atoms with Gasteiger partial charge in [0.25, 0.3) is 5.91 Å². The minimum atomic E-state index is -0.595. The highest BCUT2D eigenvalue weighted by molar-refractivity contribution is 6.30. The van der Waals surface area contributed by atoms with E-state index in [4.69, 9.17) is 20.9 Å². The van der Waals surface area contributed by atoms with E-state index in [-0.39, 0.29) is 40.0 Å². The van der Waals surface area contributed by atoms with Crippen LogP contribution in [0.2, 0.25) is 5.02 Å². The Morgan fingerprint density at radius 1 is 1.37 bits per heavy atom. The molecule has 6 nitrogen and oxygen atoms in total. The van der Waals surface area contributed by atoms with Gasteiger partial charge in [0, 0.05) is 23.6 Å². The third-order valence-electron chi connectivity index (χ3n) is 5.34. The van der Waals surface area contributed by atoms with Crippen molar-refractivity contribution in [2.75, 3.05) is 6.61 Å². The molecule has 3 aliphatic carbocycles. The quantitative estimate of drug-likeness (QED) is 0.730. The number of ketones is 1. The van der Waals surface area contributed by atoms with Crippen LogP contribution in [0.4, 0.5) is 4.39 Å². The van der Waals surface area contributed by atoms with Crippen molar-refractivity contribution in [3.63, 3.8) is 0 Å². The van der Waals surface area contributed by atoms with E-state index in [2.05, 4.69) is 10.5 Å². The second kappa shape index (κ2) is 6.34. The number of aromatic nitrogens is 1. The second-order valence-electron chi connectivity index (χ2n) is 7.66. The van der Waals surface area contributed by atoms with E-state index in [1.54, 1.807) is 6.92 Å². The molecule has 27 heavy (non-hydrogen) atoms. The smallest absolute Gasteiger partial charge is 0.258 e. The number of carbonyl (C=O) groups excluding carboxylic acids is 2. The molecule has 0 saturated heterocycles. The lowest BCUT2D eigenvalue weighted by molar-refractivity contribution is -0.164. The molecule has 142 valence electrons. The molecule has 0 spiro atoms. The molecule has 0 atom stereocenters. The van der Waals surface area contributed by atoms with Crippen molar-refractivity contribution in [1.29, 1.82) is 0 Å². The summed E-state index contributed by atoms with van der Waals surface area (Å²) >= 11 is 5.61. The molecule has 8 heteroatoms. The lowest BCUT2D eigenvalue weighted by Gasteiger charge is -2.70. The Kier molecular flexibility index (Phi) is 4.22. The monoisotopic (exact) mass is 392 g/mol. The Balaban J connectivity index is 1.24. The summed E-state index contributed by atoms with van der Waals surface area (Å²) in [6, 6.07) is 4.02. The molecule has 3 fully saturated rings. The van der Waals surface area contributed by atoms with Gasteiger partial charge in [-0.2, -0.15) is 0 Å². The molecular formula is C19H18ClFN2O4. The van der Waals surface area contributed by atoms with Gasteiger partial charge in [-0.3, -0.25) is 9.59 Å². The van der Waals surface area contributed by atoms with Gasteiger partial charge in [-0.15, -0.1) is 0 Å². The zero-order valence-electron chi connectivity index (χ0n) is 14.7. The summed E-state index contributed by atoms with van der Waals surface area (Å²) < 4.78 is 23.7. The molecule has 1 N–H and O–H groups in total. The molecule has 0 unspecified atom stereocenters. The summed E-state index contributed by atoms with van der Waals surface area (Å²) in [6.07, 6.45) is 4.23. The molecule has 3 aliphatic rings. The van der Waals surface area contributed by atoms with Gasteiger partial charge in [0.1, 0.15) is 11.6 Å². The fourth-order valence-electron chi connectivity index (χ4n) is 4.35. The largest absolute Gasteiger partial charge is 0.484 e. The topological polar surface area (TPSA) is 81.4 Å². The van der Waals surface area contributed by atoms with Crippen LogP contribution < -0.4 is 10.1 Å². The van der Waals surface area contributed by atoms with Crippen LogP contribution in [-0.4, -0.2) is 29.0 Å². The lowest BCUT2D eigenvalue weighted by atomic mass is 9.38. The van der Waals surface area contributed by atoms with E-state index in [0.717, 1.165) is 30.9 Å². The molecule has 2 aromatic rings. The fourth-order valence-corrected chi connectivity index (χ4v) is 4.46. The van der Waals surface area contributed by atoms with Crippen molar-refractivity contribution in [3.8, 4) is 5.75 Å². The van der Waals surface area contributed by atoms with Gasteiger partial charge in [0.05, 0.1) is 11.2 Å².